The molecule has 0 aromatic carbocycles. The number of rotatable bonds is 5. The molecule has 0 aromatic heterocycles. The van der Waals surface area contributed by atoms with Crippen LogP contribution in [0, 0.1) is 0 Å². The summed E-state index contributed by atoms with van der Waals surface area (Å²) in [6.07, 6.45) is -6.09. The molecule has 1 aliphatic heterocycles. The van der Waals surface area contributed by atoms with Crippen LogP contribution >= 0.6 is 7.77 Å². The molecule has 6 N–H and O–H groups in total. The summed E-state index contributed by atoms with van der Waals surface area (Å²) in [6, 6.07) is 0. The van der Waals surface area contributed by atoms with Gasteiger partial charge in [-0.05, 0) is 0 Å². The largest absolute Gasteiger partial charge is 0.629 e. The van der Waals surface area contributed by atoms with E-state index in [2.05, 4.69) is 0 Å². The maximum absolute atomic E-state index is 11.8. The van der Waals surface area contributed by atoms with Gasteiger partial charge < -0.3 is 30.1 Å². The molecule has 0 spiro atoms. The Morgan fingerprint density at radius 3 is 2.35 bits per heavy atom. The van der Waals surface area contributed by atoms with Crippen molar-refractivity contribution in [2.45, 2.75) is 30.3 Å². The van der Waals surface area contributed by atoms with Crippen LogP contribution in [-0.2, 0) is 15.0 Å². The van der Waals surface area contributed by atoms with Gasteiger partial charge in [0.05, 0.1) is 26.7 Å². The zero-order valence-electron chi connectivity index (χ0n) is 10.1. The highest BCUT2D eigenvalue weighted by Gasteiger charge is 2.47. The standard InChI is InChI=1S/C8H16NO9PS/c10-3-4-5(11)6(12)7(13)8(18-4)19(14)2-1-9-20(15,16)17/h2,4-13H,1,3H2,(H,15,16,17)/t4-,5+,6+,7-,8?/m1/s1. The van der Waals surface area contributed by atoms with Crippen molar-refractivity contribution >= 4 is 23.9 Å². The monoisotopic (exact) mass is 333 g/mol. The molecule has 1 heterocycles. The topological polar surface area (TPSA) is 180 Å². The Balaban J connectivity index is 2.75. The molecule has 0 saturated carbocycles. The van der Waals surface area contributed by atoms with Crippen LogP contribution in [0.3, 0.4) is 0 Å². The molecule has 0 aromatic rings. The van der Waals surface area contributed by atoms with E-state index in [0.29, 0.717) is 0 Å². The predicted octanol–water partition coefficient (Wildman–Crippen LogP) is -4.26. The van der Waals surface area contributed by atoms with Crippen molar-refractivity contribution in [2.75, 3.05) is 13.2 Å². The van der Waals surface area contributed by atoms with Gasteiger partial charge in [-0.3, -0.25) is 4.55 Å². The van der Waals surface area contributed by atoms with Gasteiger partial charge in [-0.1, -0.05) is 0 Å². The lowest BCUT2D eigenvalue weighted by Crippen LogP contribution is -2.58. The number of nitrogens with one attached hydrogen (secondary N) is 1. The highest BCUT2D eigenvalue weighted by molar-refractivity contribution is 7.83. The van der Waals surface area contributed by atoms with Crippen LogP contribution in [0.4, 0.5) is 0 Å². The summed E-state index contributed by atoms with van der Waals surface area (Å²) >= 11 is 0. The van der Waals surface area contributed by atoms with Crippen LogP contribution in [0.25, 0.3) is 0 Å². The molecule has 6 atom stereocenters. The highest BCUT2D eigenvalue weighted by atomic mass is 32.2. The number of aliphatic hydroxyl groups excluding tert-OH is 4. The van der Waals surface area contributed by atoms with Gasteiger partial charge in [-0.15, -0.1) is 0 Å². The van der Waals surface area contributed by atoms with Crippen LogP contribution in [0.5, 0.6) is 0 Å². The van der Waals surface area contributed by atoms with Crippen LogP contribution in [0.2, 0.25) is 0 Å². The number of aliphatic hydroxyl groups is 4. The van der Waals surface area contributed by atoms with Gasteiger partial charge in [-0.25, -0.2) is 0 Å². The first-order chi connectivity index (χ1) is 9.17. The molecular weight excluding hydrogens is 317 g/mol. The van der Waals surface area contributed by atoms with Gasteiger partial charge in [0.25, 0.3) is 0 Å². The van der Waals surface area contributed by atoms with Crippen molar-refractivity contribution in [3.63, 3.8) is 0 Å². The Morgan fingerprint density at radius 1 is 1.25 bits per heavy atom. The molecule has 1 fully saturated rings. The summed E-state index contributed by atoms with van der Waals surface area (Å²) < 4.78 is 35.8. The van der Waals surface area contributed by atoms with Gasteiger partial charge in [0, 0.05) is 0 Å². The Kier molecular flexibility index (Phi) is 6.41. The molecule has 1 aliphatic rings. The van der Waals surface area contributed by atoms with Gasteiger partial charge in [0.1, 0.15) is 18.3 Å². The first-order valence-corrected chi connectivity index (χ1v) is 8.32. The molecule has 0 radical (unpaired) electrons. The van der Waals surface area contributed by atoms with Crippen LogP contribution in [-0.4, -0.2) is 82.6 Å². The number of ether oxygens (including phenoxy) is 1. The van der Waals surface area contributed by atoms with E-state index >= 15 is 0 Å². The molecule has 0 amide bonds. The normalized spacial score (nSPS) is 36.1. The lowest BCUT2D eigenvalue weighted by molar-refractivity contribution is -0.225. The lowest BCUT2D eigenvalue weighted by Gasteiger charge is -2.37. The average molecular weight is 333 g/mol. The molecule has 10 nitrogen and oxygen atoms in total. The van der Waals surface area contributed by atoms with E-state index in [0.717, 1.165) is 5.80 Å². The minimum atomic E-state index is -4.44. The maximum Gasteiger partial charge on any atom is 0.333 e. The Hall–Kier alpha value is -0.200. The lowest BCUT2D eigenvalue weighted by atomic mass is 10.0. The SMILES string of the molecule is O=S(=O)(O)NCC=[P+]([O-])C1O[C@H](CO)[C@H](O)[C@H](O)[C@H]1O. The van der Waals surface area contributed by atoms with Crippen LogP contribution in [0.1, 0.15) is 0 Å². The predicted molar refractivity (Wildman–Crippen MR) is 66.3 cm³/mol. The first-order valence-electron chi connectivity index (χ1n) is 5.48. The summed E-state index contributed by atoms with van der Waals surface area (Å²) in [6.45, 7) is -1.14. The molecule has 0 bridgehead atoms. The fourth-order valence-corrected chi connectivity index (χ4v) is 3.28. The van der Waals surface area contributed by atoms with E-state index < -0.39 is 61.5 Å². The third-order valence-electron chi connectivity index (χ3n) is 2.65. The summed E-state index contributed by atoms with van der Waals surface area (Å²) in [5, 5.41) is 37.6. The highest BCUT2D eigenvalue weighted by Crippen LogP contribution is 2.32. The van der Waals surface area contributed by atoms with Gasteiger partial charge in [-0.2, -0.15) is 13.1 Å². The second-order valence-corrected chi connectivity index (χ2v) is 6.92. The van der Waals surface area contributed by atoms with Crippen molar-refractivity contribution in [2.24, 2.45) is 0 Å². The Morgan fingerprint density at radius 2 is 1.85 bits per heavy atom. The molecule has 20 heavy (non-hydrogen) atoms. The molecule has 1 saturated heterocycles. The quantitative estimate of drug-likeness (QED) is 0.214. The van der Waals surface area contributed by atoms with Crippen molar-refractivity contribution in [1.82, 2.24) is 4.72 Å². The Bertz CT molecular complexity index is 453. The molecule has 2 unspecified atom stereocenters. The van der Waals surface area contributed by atoms with Crippen molar-refractivity contribution in [1.29, 1.82) is 0 Å². The molecule has 12 heteroatoms. The summed E-state index contributed by atoms with van der Waals surface area (Å²) in [5.41, 5.74) is 0. The summed E-state index contributed by atoms with van der Waals surface area (Å²) in [5.74, 6) is -0.487. The molecular formula is C8H16NO9PS. The minimum Gasteiger partial charge on any atom is -0.629 e. The Labute approximate surface area is 116 Å². The number of hydrogen-bond donors (Lipinski definition) is 6. The van der Waals surface area contributed by atoms with E-state index in [1.807, 2.05) is 0 Å². The summed E-state index contributed by atoms with van der Waals surface area (Å²) in [7, 11) is -6.88. The van der Waals surface area contributed by atoms with Gasteiger partial charge in [0.15, 0.2) is 6.10 Å². The first kappa shape index (κ1) is 17.9. The fourth-order valence-electron chi connectivity index (χ4n) is 1.63. The van der Waals surface area contributed by atoms with Crippen molar-refractivity contribution < 1.29 is 43.0 Å². The smallest absolute Gasteiger partial charge is 0.333 e. The van der Waals surface area contributed by atoms with Crippen molar-refractivity contribution in [3.8, 4) is 0 Å². The van der Waals surface area contributed by atoms with Crippen LogP contribution in [0.15, 0.2) is 0 Å². The third-order valence-corrected chi connectivity index (χ3v) is 4.66. The van der Waals surface area contributed by atoms with E-state index in [1.165, 1.54) is 0 Å². The molecule has 0 aliphatic carbocycles. The second kappa shape index (κ2) is 7.18. The zero-order chi connectivity index (χ0) is 15.5. The molecule has 118 valence electrons. The second-order valence-electron chi connectivity index (χ2n) is 4.09. The minimum absolute atomic E-state index is 0.483. The van der Waals surface area contributed by atoms with E-state index in [4.69, 9.17) is 14.4 Å². The summed E-state index contributed by atoms with van der Waals surface area (Å²) in [4.78, 5) is 11.8. The van der Waals surface area contributed by atoms with E-state index in [9.17, 15) is 28.6 Å². The van der Waals surface area contributed by atoms with E-state index in [1.54, 1.807) is 4.72 Å². The van der Waals surface area contributed by atoms with Gasteiger partial charge >= 0.3 is 10.3 Å². The van der Waals surface area contributed by atoms with E-state index in [-0.39, 0.29) is 0 Å². The maximum atomic E-state index is 11.8. The van der Waals surface area contributed by atoms with Gasteiger partial charge in [0.2, 0.25) is 5.85 Å². The average Bonchev–Trinajstić information content (AvgIpc) is 2.34. The number of hydrogen-bond acceptors (Lipinski definition) is 8. The third kappa shape index (κ3) is 4.67. The van der Waals surface area contributed by atoms with Crippen LogP contribution < -0.4 is 9.62 Å². The van der Waals surface area contributed by atoms with Crippen molar-refractivity contribution in [3.05, 3.63) is 0 Å². The zero-order valence-corrected chi connectivity index (χ0v) is 11.8. The molecule has 1 rings (SSSR count). The fraction of sp³-hybridized carbons (Fsp3) is 0.875.